The number of carbonyl (C=O) groups is 1. The molecule has 0 aliphatic carbocycles. The van der Waals surface area contributed by atoms with Crippen LogP contribution < -0.4 is 4.57 Å². The van der Waals surface area contributed by atoms with Gasteiger partial charge in [0, 0.05) is 17.0 Å². The Hall–Kier alpha value is -3.34. The molecule has 0 aliphatic rings. The lowest BCUT2D eigenvalue weighted by Gasteiger charge is -2.07. The first-order valence-electron chi connectivity index (χ1n) is 8.92. The molecular weight excluding hydrogens is 338 g/mol. The van der Waals surface area contributed by atoms with Crippen LogP contribution in [0.3, 0.4) is 0 Å². The summed E-state index contributed by atoms with van der Waals surface area (Å²) < 4.78 is 11.5. The maximum atomic E-state index is 13.1. The van der Waals surface area contributed by atoms with E-state index in [-0.39, 0.29) is 12.3 Å². The third-order valence-electron chi connectivity index (χ3n) is 5.01. The SMILES string of the molecule is C=Cn1c[n+](CC(=O)c2cc(C)n(Cc3ccco3)c2C)c2ccccc21. The van der Waals surface area contributed by atoms with Crippen LogP contribution in [0.25, 0.3) is 17.2 Å². The van der Waals surface area contributed by atoms with Crippen molar-refractivity contribution in [2.24, 2.45) is 0 Å². The van der Waals surface area contributed by atoms with Gasteiger partial charge in [-0.1, -0.05) is 18.7 Å². The number of rotatable bonds is 6. The van der Waals surface area contributed by atoms with Crippen LogP contribution in [0.15, 0.2) is 66.1 Å². The molecule has 0 N–H and O–H groups in total. The van der Waals surface area contributed by atoms with Gasteiger partial charge in [-0.3, -0.25) is 4.79 Å². The lowest BCUT2D eigenvalue weighted by Crippen LogP contribution is -2.36. The summed E-state index contributed by atoms with van der Waals surface area (Å²) in [7, 11) is 0. The monoisotopic (exact) mass is 360 g/mol. The summed E-state index contributed by atoms with van der Waals surface area (Å²) >= 11 is 0. The van der Waals surface area contributed by atoms with Crippen LogP contribution in [0.4, 0.5) is 0 Å². The normalized spacial score (nSPS) is 11.2. The number of hydrogen-bond acceptors (Lipinski definition) is 2. The molecule has 0 aliphatic heterocycles. The van der Waals surface area contributed by atoms with Crippen LogP contribution in [0.2, 0.25) is 0 Å². The molecule has 4 rings (SSSR count). The van der Waals surface area contributed by atoms with Gasteiger partial charge in [0.25, 0.3) is 0 Å². The number of imidazole rings is 1. The minimum Gasteiger partial charge on any atom is -0.467 e. The lowest BCUT2D eigenvalue weighted by molar-refractivity contribution is -0.657. The van der Waals surface area contributed by atoms with Crippen LogP contribution in [0.1, 0.15) is 27.5 Å². The van der Waals surface area contributed by atoms with Crippen LogP contribution >= 0.6 is 0 Å². The summed E-state index contributed by atoms with van der Waals surface area (Å²) in [5.41, 5.74) is 4.80. The van der Waals surface area contributed by atoms with Crippen molar-refractivity contribution in [3.8, 4) is 0 Å². The van der Waals surface area contributed by atoms with E-state index in [0.29, 0.717) is 6.54 Å². The van der Waals surface area contributed by atoms with Crippen molar-refractivity contribution < 1.29 is 13.8 Å². The maximum Gasteiger partial charge on any atom is 0.249 e. The van der Waals surface area contributed by atoms with Crippen molar-refractivity contribution in [2.45, 2.75) is 26.9 Å². The Labute approximate surface area is 157 Å². The molecule has 0 saturated heterocycles. The Bertz CT molecular complexity index is 1130. The summed E-state index contributed by atoms with van der Waals surface area (Å²) in [6.07, 6.45) is 5.33. The number of carbonyl (C=O) groups excluding carboxylic acids is 1. The summed E-state index contributed by atoms with van der Waals surface area (Å²) in [6.45, 7) is 8.76. The smallest absolute Gasteiger partial charge is 0.249 e. The molecule has 136 valence electrons. The molecule has 4 aromatic rings. The minimum atomic E-state index is 0.0887. The Morgan fingerprint density at radius 2 is 2.04 bits per heavy atom. The molecule has 1 aromatic carbocycles. The Balaban J connectivity index is 1.65. The van der Waals surface area contributed by atoms with Crippen LogP contribution in [0, 0.1) is 13.8 Å². The molecule has 0 amide bonds. The topological polar surface area (TPSA) is 44.0 Å². The number of furan rings is 1. The molecule has 0 radical (unpaired) electrons. The fraction of sp³-hybridized carbons (Fsp3) is 0.182. The van der Waals surface area contributed by atoms with Crippen molar-refractivity contribution in [3.05, 3.63) is 84.3 Å². The maximum absolute atomic E-state index is 13.1. The molecule has 3 heterocycles. The fourth-order valence-electron chi connectivity index (χ4n) is 3.60. The number of fused-ring (bicyclic) bond motifs is 1. The predicted molar refractivity (Wildman–Crippen MR) is 105 cm³/mol. The van der Waals surface area contributed by atoms with Gasteiger partial charge in [-0.2, -0.15) is 0 Å². The second-order valence-corrected chi connectivity index (χ2v) is 6.70. The molecule has 0 saturated carbocycles. The number of para-hydroxylation sites is 2. The van der Waals surface area contributed by atoms with Gasteiger partial charge < -0.3 is 8.98 Å². The van der Waals surface area contributed by atoms with E-state index in [0.717, 1.165) is 33.7 Å². The molecule has 0 fully saturated rings. The van der Waals surface area contributed by atoms with Gasteiger partial charge in [-0.15, -0.1) is 0 Å². The minimum absolute atomic E-state index is 0.0887. The second kappa shape index (κ2) is 6.76. The van der Waals surface area contributed by atoms with E-state index in [1.807, 2.05) is 71.8 Å². The number of ketones is 1. The number of nitrogens with zero attached hydrogens (tertiary/aromatic N) is 3. The first-order valence-corrected chi connectivity index (χ1v) is 8.92. The Kier molecular flexibility index (Phi) is 4.28. The second-order valence-electron chi connectivity index (χ2n) is 6.70. The van der Waals surface area contributed by atoms with E-state index in [4.69, 9.17) is 4.42 Å². The van der Waals surface area contributed by atoms with Gasteiger partial charge in [-0.25, -0.2) is 9.13 Å². The van der Waals surface area contributed by atoms with E-state index < -0.39 is 0 Å². The molecule has 0 unspecified atom stereocenters. The van der Waals surface area contributed by atoms with Crippen molar-refractivity contribution in [1.82, 2.24) is 9.13 Å². The lowest BCUT2D eigenvalue weighted by atomic mass is 10.1. The van der Waals surface area contributed by atoms with E-state index >= 15 is 0 Å². The zero-order valence-corrected chi connectivity index (χ0v) is 15.6. The van der Waals surface area contributed by atoms with Crippen molar-refractivity contribution in [3.63, 3.8) is 0 Å². The third kappa shape index (κ3) is 3.01. The van der Waals surface area contributed by atoms with E-state index in [1.165, 1.54) is 0 Å². The highest BCUT2D eigenvalue weighted by molar-refractivity contribution is 5.96. The van der Waals surface area contributed by atoms with Gasteiger partial charge >= 0.3 is 0 Å². The molecule has 0 bridgehead atoms. The molecule has 5 nitrogen and oxygen atoms in total. The average molecular weight is 360 g/mol. The van der Waals surface area contributed by atoms with Crippen LogP contribution in [0.5, 0.6) is 0 Å². The predicted octanol–water partition coefficient (Wildman–Crippen LogP) is 3.97. The van der Waals surface area contributed by atoms with Crippen molar-refractivity contribution in [2.75, 3.05) is 0 Å². The molecule has 3 aromatic heterocycles. The van der Waals surface area contributed by atoms with Crippen molar-refractivity contribution >= 4 is 23.0 Å². The quantitative estimate of drug-likeness (QED) is 0.386. The third-order valence-corrected chi connectivity index (χ3v) is 5.01. The number of benzene rings is 1. The van der Waals surface area contributed by atoms with E-state index in [1.54, 1.807) is 12.5 Å². The van der Waals surface area contributed by atoms with Gasteiger partial charge in [0.05, 0.1) is 19.0 Å². The molecule has 0 atom stereocenters. The van der Waals surface area contributed by atoms with E-state index in [9.17, 15) is 4.79 Å². The average Bonchev–Trinajstić information content (AvgIpc) is 3.37. The van der Waals surface area contributed by atoms with E-state index in [2.05, 4.69) is 11.1 Å². The molecule has 0 spiro atoms. The number of Topliss-reactive ketones (excluding diaryl/α,β-unsaturated/α-hetero) is 1. The number of aryl methyl sites for hydroxylation is 1. The first-order chi connectivity index (χ1) is 13.1. The summed E-state index contributed by atoms with van der Waals surface area (Å²) in [5, 5.41) is 0. The largest absolute Gasteiger partial charge is 0.467 e. The zero-order chi connectivity index (χ0) is 19.0. The number of aromatic nitrogens is 3. The van der Waals surface area contributed by atoms with Crippen LogP contribution in [-0.4, -0.2) is 14.9 Å². The Morgan fingerprint density at radius 3 is 2.78 bits per heavy atom. The van der Waals surface area contributed by atoms with Gasteiger partial charge in [0.2, 0.25) is 12.1 Å². The van der Waals surface area contributed by atoms with Gasteiger partial charge in [0.1, 0.15) is 5.76 Å². The highest BCUT2D eigenvalue weighted by atomic mass is 16.3. The fourth-order valence-corrected chi connectivity index (χ4v) is 3.60. The van der Waals surface area contributed by atoms with Crippen LogP contribution in [-0.2, 0) is 13.1 Å². The standard InChI is InChI=1S/C22H22N3O2/c1-4-23-15-24(21-10-6-5-9-20(21)23)14-22(26)19-12-16(2)25(17(19)3)13-18-8-7-11-27-18/h4-12,15H,1,13-14H2,2-3H3/q+1. The van der Waals surface area contributed by atoms with Crippen molar-refractivity contribution in [1.29, 1.82) is 0 Å². The van der Waals surface area contributed by atoms with Gasteiger partial charge in [-0.05, 0) is 44.2 Å². The highest BCUT2D eigenvalue weighted by Gasteiger charge is 2.21. The number of hydrogen-bond donors (Lipinski definition) is 0. The molecular formula is C22H22N3O2+. The summed E-state index contributed by atoms with van der Waals surface area (Å²) in [4.78, 5) is 13.1. The summed E-state index contributed by atoms with van der Waals surface area (Å²) in [6, 6.07) is 13.8. The molecule has 5 heteroatoms. The highest BCUT2D eigenvalue weighted by Crippen LogP contribution is 2.19. The molecule has 27 heavy (non-hydrogen) atoms. The Morgan fingerprint density at radius 1 is 1.22 bits per heavy atom. The first kappa shape index (κ1) is 17.1. The summed E-state index contributed by atoms with van der Waals surface area (Å²) in [5.74, 6) is 0.963. The zero-order valence-electron chi connectivity index (χ0n) is 15.6. The van der Waals surface area contributed by atoms with Gasteiger partial charge in [0.15, 0.2) is 17.6 Å².